The third-order valence-electron chi connectivity index (χ3n) is 4.73. The fraction of sp³-hybridized carbons (Fsp3) is 1.00. The zero-order valence-electron chi connectivity index (χ0n) is 13.5. The van der Waals surface area contributed by atoms with Crippen molar-refractivity contribution in [1.82, 2.24) is 14.3 Å². The Labute approximate surface area is 130 Å². The highest BCUT2D eigenvalue weighted by atomic mass is 32.2. The highest BCUT2D eigenvalue weighted by Gasteiger charge is 2.27. The second-order valence-corrected chi connectivity index (χ2v) is 8.56. The molecule has 0 aromatic rings. The Morgan fingerprint density at radius 3 is 2.52 bits per heavy atom. The summed E-state index contributed by atoms with van der Waals surface area (Å²) in [4.78, 5) is 0. The Kier molecular flexibility index (Phi) is 6.47. The summed E-state index contributed by atoms with van der Waals surface area (Å²) < 4.78 is 29.2. The summed E-state index contributed by atoms with van der Waals surface area (Å²) in [6.45, 7) is 3.65. The Hall–Kier alpha value is -0.170. The van der Waals surface area contributed by atoms with E-state index in [0.29, 0.717) is 18.5 Å². The van der Waals surface area contributed by atoms with Crippen molar-refractivity contribution in [1.29, 1.82) is 0 Å². The number of hydrogen-bond donors (Lipinski definition) is 2. The number of nitrogens with one attached hydrogen (secondary N) is 2. The molecule has 2 fully saturated rings. The van der Waals surface area contributed by atoms with Crippen LogP contribution in [0.4, 0.5) is 0 Å². The van der Waals surface area contributed by atoms with Crippen LogP contribution in [0.1, 0.15) is 58.3 Å². The molecule has 0 aliphatic heterocycles. The minimum absolute atomic E-state index is 0.101. The van der Waals surface area contributed by atoms with Crippen LogP contribution in [-0.4, -0.2) is 44.9 Å². The average molecular weight is 317 g/mol. The topological polar surface area (TPSA) is 61.4 Å². The third kappa shape index (κ3) is 5.85. The molecule has 2 aliphatic carbocycles. The Balaban J connectivity index is 1.75. The molecule has 2 saturated carbocycles. The lowest BCUT2D eigenvalue weighted by atomic mass is 9.98. The maximum atomic E-state index is 12.4. The molecule has 2 aliphatic rings. The van der Waals surface area contributed by atoms with Crippen molar-refractivity contribution in [2.75, 3.05) is 20.1 Å². The summed E-state index contributed by atoms with van der Waals surface area (Å²) in [5.74, 6) is 0.437. The molecular formula is C15H31N3O2S. The van der Waals surface area contributed by atoms with Gasteiger partial charge in [0.25, 0.3) is 10.2 Å². The van der Waals surface area contributed by atoms with Gasteiger partial charge in [-0.15, -0.1) is 0 Å². The smallest absolute Gasteiger partial charge is 0.279 e. The van der Waals surface area contributed by atoms with Crippen molar-refractivity contribution in [2.45, 2.75) is 70.4 Å². The fourth-order valence-corrected chi connectivity index (χ4v) is 4.25. The van der Waals surface area contributed by atoms with E-state index in [1.165, 1.54) is 30.0 Å². The molecular weight excluding hydrogens is 286 g/mol. The first-order valence-electron chi connectivity index (χ1n) is 8.46. The normalized spacial score (nSPS) is 27.8. The Morgan fingerprint density at radius 2 is 1.81 bits per heavy atom. The molecule has 0 bridgehead atoms. The molecule has 6 heteroatoms. The van der Waals surface area contributed by atoms with Crippen LogP contribution in [0.2, 0.25) is 0 Å². The van der Waals surface area contributed by atoms with E-state index in [4.69, 9.17) is 0 Å². The maximum absolute atomic E-state index is 12.4. The van der Waals surface area contributed by atoms with Crippen molar-refractivity contribution in [3.05, 3.63) is 0 Å². The summed E-state index contributed by atoms with van der Waals surface area (Å²) in [6, 6.07) is 0.793. The Morgan fingerprint density at radius 1 is 1.10 bits per heavy atom. The van der Waals surface area contributed by atoms with Crippen LogP contribution in [0.3, 0.4) is 0 Å². The van der Waals surface area contributed by atoms with Gasteiger partial charge in [-0.05, 0) is 44.6 Å². The SMILES string of the molecule is CC1CCCCCC1NS(=O)(=O)N(C)CCCNC1CC1. The molecule has 0 saturated heterocycles. The third-order valence-corrected chi connectivity index (χ3v) is 6.34. The second kappa shape index (κ2) is 7.90. The van der Waals surface area contributed by atoms with Gasteiger partial charge >= 0.3 is 0 Å². The highest BCUT2D eigenvalue weighted by Crippen LogP contribution is 2.23. The van der Waals surface area contributed by atoms with Crippen molar-refractivity contribution in [3.63, 3.8) is 0 Å². The van der Waals surface area contributed by atoms with Gasteiger partial charge in [-0.2, -0.15) is 17.4 Å². The van der Waals surface area contributed by atoms with Gasteiger partial charge in [-0.25, -0.2) is 0 Å². The molecule has 0 amide bonds. The maximum Gasteiger partial charge on any atom is 0.279 e. The van der Waals surface area contributed by atoms with Crippen LogP contribution >= 0.6 is 0 Å². The summed E-state index contributed by atoms with van der Waals surface area (Å²) >= 11 is 0. The van der Waals surface area contributed by atoms with Crippen molar-refractivity contribution >= 4 is 10.2 Å². The molecule has 0 aromatic heterocycles. The second-order valence-electron chi connectivity index (χ2n) is 6.75. The van der Waals surface area contributed by atoms with Gasteiger partial charge in [-0.1, -0.05) is 26.2 Å². The molecule has 0 heterocycles. The molecule has 2 unspecified atom stereocenters. The lowest BCUT2D eigenvalue weighted by molar-refractivity contribution is 0.377. The minimum Gasteiger partial charge on any atom is -0.314 e. The monoisotopic (exact) mass is 317 g/mol. The molecule has 0 radical (unpaired) electrons. The van der Waals surface area contributed by atoms with Crippen molar-refractivity contribution in [2.24, 2.45) is 5.92 Å². The zero-order chi connectivity index (χ0) is 15.3. The molecule has 2 rings (SSSR count). The highest BCUT2D eigenvalue weighted by molar-refractivity contribution is 7.87. The first-order valence-corrected chi connectivity index (χ1v) is 9.90. The standard InChI is InChI=1S/C15H31N3O2S/c1-13-7-4-3-5-8-15(13)17-21(19,20)18(2)12-6-11-16-14-9-10-14/h13-17H,3-12H2,1-2H3. The average Bonchev–Trinajstić information content (AvgIpc) is 3.25. The van der Waals surface area contributed by atoms with Crippen LogP contribution in [0, 0.1) is 5.92 Å². The van der Waals surface area contributed by atoms with Crippen LogP contribution in [0.25, 0.3) is 0 Å². The van der Waals surface area contributed by atoms with Gasteiger partial charge in [0, 0.05) is 25.7 Å². The van der Waals surface area contributed by atoms with Crippen molar-refractivity contribution in [3.8, 4) is 0 Å². The van der Waals surface area contributed by atoms with E-state index in [1.807, 2.05) is 0 Å². The zero-order valence-corrected chi connectivity index (χ0v) is 14.3. The van der Waals surface area contributed by atoms with E-state index in [2.05, 4.69) is 17.0 Å². The van der Waals surface area contributed by atoms with Gasteiger partial charge in [0.05, 0.1) is 0 Å². The molecule has 2 atom stereocenters. The van der Waals surface area contributed by atoms with E-state index < -0.39 is 10.2 Å². The van der Waals surface area contributed by atoms with Gasteiger partial charge in [0.15, 0.2) is 0 Å². The van der Waals surface area contributed by atoms with Gasteiger partial charge < -0.3 is 5.32 Å². The summed E-state index contributed by atoms with van der Waals surface area (Å²) in [5.41, 5.74) is 0. The molecule has 21 heavy (non-hydrogen) atoms. The largest absolute Gasteiger partial charge is 0.314 e. The summed E-state index contributed by atoms with van der Waals surface area (Å²) in [6.07, 6.45) is 9.10. The number of rotatable bonds is 8. The van der Waals surface area contributed by atoms with E-state index in [-0.39, 0.29) is 6.04 Å². The first kappa shape index (κ1) is 17.2. The van der Waals surface area contributed by atoms with Crippen LogP contribution < -0.4 is 10.0 Å². The van der Waals surface area contributed by atoms with Gasteiger partial charge in [-0.3, -0.25) is 0 Å². The predicted octanol–water partition coefficient (Wildman–Crippen LogP) is 1.86. The van der Waals surface area contributed by atoms with Crippen LogP contribution in [0.5, 0.6) is 0 Å². The summed E-state index contributed by atoms with van der Waals surface area (Å²) in [5, 5.41) is 3.42. The molecule has 0 spiro atoms. The molecule has 124 valence electrons. The van der Waals surface area contributed by atoms with E-state index in [1.54, 1.807) is 7.05 Å². The lowest BCUT2D eigenvalue weighted by Crippen LogP contribution is -2.46. The van der Waals surface area contributed by atoms with Gasteiger partial charge in [0.1, 0.15) is 0 Å². The quantitative estimate of drug-likeness (QED) is 0.531. The van der Waals surface area contributed by atoms with Crippen LogP contribution in [0.15, 0.2) is 0 Å². The van der Waals surface area contributed by atoms with Gasteiger partial charge in [0.2, 0.25) is 0 Å². The molecule has 5 nitrogen and oxygen atoms in total. The Bertz CT molecular complexity index is 409. The molecule has 0 aromatic carbocycles. The van der Waals surface area contributed by atoms with E-state index >= 15 is 0 Å². The fourth-order valence-electron chi connectivity index (χ4n) is 2.96. The van der Waals surface area contributed by atoms with Crippen LogP contribution in [-0.2, 0) is 10.2 Å². The summed E-state index contributed by atoms with van der Waals surface area (Å²) in [7, 11) is -1.66. The minimum atomic E-state index is -3.34. The number of nitrogens with zero attached hydrogens (tertiary/aromatic N) is 1. The van der Waals surface area contributed by atoms with E-state index in [0.717, 1.165) is 32.2 Å². The first-order chi connectivity index (χ1) is 9.99. The molecule has 2 N–H and O–H groups in total. The lowest BCUT2D eigenvalue weighted by Gasteiger charge is -2.26. The van der Waals surface area contributed by atoms with Crippen molar-refractivity contribution < 1.29 is 8.42 Å². The number of hydrogen-bond acceptors (Lipinski definition) is 3. The predicted molar refractivity (Wildman–Crippen MR) is 86.4 cm³/mol. The van der Waals surface area contributed by atoms with E-state index in [9.17, 15) is 8.42 Å².